The first-order valence-corrected chi connectivity index (χ1v) is 7.55. The van der Waals surface area contributed by atoms with Crippen LogP contribution in [0.1, 0.15) is 11.1 Å². The average molecular weight is 356 g/mol. The molecule has 2 aromatic carbocycles. The summed E-state index contributed by atoms with van der Waals surface area (Å²) in [6.07, 6.45) is 0. The molecule has 0 spiro atoms. The van der Waals surface area contributed by atoms with Gasteiger partial charge in [0.2, 0.25) is 13.6 Å². The van der Waals surface area contributed by atoms with Gasteiger partial charge in [-0.2, -0.15) is 0 Å². The van der Waals surface area contributed by atoms with Crippen LogP contribution in [0.2, 0.25) is 0 Å². The summed E-state index contributed by atoms with van der Waals surface area (Å²) in [6, 6.07) is 8.93. The van der Waals surface area contributed by atoms with Gasteiger partial charge in [-0.1, -0.05) is 12.1 Å². The Morgan fingerprint density at radius 3 is 1.42 bits per heavy atom. The lowest BCUT2D eigenvalue weighted by Gasteiger charge is -2.11. The lowest BCUT2D eigenvalue weighted by Crippen LogP contribution is -2.10. The maximum atomic E-state index is 11.9. The van der Waals surface area contributed by atoms with Gasteiger partial charge >= 0.3 is 11.9 Å². The minimum absolute atomic E-state index is 0.0266. The molecule has 0 unspecified atom stereocenters. The van der Waals surface area contributed by atoms with Crippen LogP contribution in [0, 0.1) is 0 Å². The van der Waals surface area contributed by atoms with E-state index < -0.39 is 11.9 Å². The van der Waals surface area contributed by atoms with E-state index in [0.29, 0.717) is 23.0 Å². The second kappa shape index (κ2) is 5.99. The highest BCUT2D eigenvalue weighted by Crippen LogP contribution is 2.39. The van der Waals surface area contributed by atoms with Crippen LogP contribution in [0.3, 0.4) is 0 Å². The van der Waals surface area contributed by atoms with Crippen molar-refractivity contribution in [3.05, 3.63) is 47.5 Å². The molecule has 2 aromatic rings. The van der Waals surface area contributed by atoms with Crippen LogP contribution < -0.4 is 18.9 Å². The fraction of sp³-hybridized carbons (Fsp3) is 0.111. The first-order valence-electron chi connectivity index (χ1n) is 7.55. The van der Waals surface area contributed by atoms with Gasteiger partial charge in [0.25, 0.3) is 0 Å². The first kappa shape index (κ1) is 15.8. The van der Waals surface area contributed by atoms with Gasteiger partial charge in [-0.15, -0.1) is 0 Å². The maximum absolute atomic E-state index is 11.9. The van der Waals surface area contributed by atoms with Crippen molar-refractivity contribution in [2.75, 3.05) is 13.6 Å². The van der Waals surface area contributed by atoms with Gasteiger partial charge in [0.15, 0.2) is 23.0 Å². The van der Waals surface area contributed by atoms with E-state index in [1.165, 1.54) is 24.3 Å². The molecule has 132 valence electrons. The Morgan fingerprint density at radius 1 is 0.654 bits per heavy atom. The molecule has 2 heterocycles. The van der Waals surface area contributed by atoms with Gasteiger partial charge < -0.3 is 29.2 Å². The van der Waals surface area contributed by atoms with Crippen LogP contribution in [0.25, 0.3) is 11.1 Å². The number of carboxylic acid groups (broad SMARTS) is 2. The molecule has 4 rings (SSSR count). The number of carbonyl (C=O) groups is 2. The zero-order valence-electron chi connectivity index (χ0n) is 13.2. The van der Waals surface area contributed by atoms with Crippen LogP contribution in [0.5, 0.6) is 23.0 Å². The number of rotatable bonds is 4. The van der Waals surface area contributed by atoms with Crippen LogP contribution in [0.15, 0.2) is 36.4 Å². The van der Waals surface area contributed by atoms with E-state index in [2.05, 4.69) is 0 Å². The summed E-state index contributed by atoms with van der Waals surface area (Å²) in [5, 5.41) is 19.4. The molecular weight excluding hydrogens is 344 g/mol. The minimum atomic E-state index is -1.38. The van der Waals surface area contributed by atoms with Crippen LogP contribution >= 0.6 is 0 Å². The molecule has 0 amide bonds. The fourth-order valence-corrected chi connectivity index (χ4v) is 2.85. The number of ether oxygens (including phenoxy) is 4. The standard InChI is InChI=1S/C18H12O8/c19-17(20)15(9-1-3-11-13(5-9)25-7-23-11)16(18(21)22)10-2-4-12-14(6-10)26-8-24-12/h1-6H,7-8H2,(H,19,20)(H,21,22)/b16-15+. The lowest BCUT2D eigenvalue weighted by molar-refractivity contribution is -0.132. The summed E-state index contributed by atoms with van der Waals surface area (Å²) in [7, 11) is 0. The van der Waals surface area contributed by atoms with Crippen LogP contribution in [-0.4, -0.2) is 35.7 Å². The van der Waals surface area contributed by atoms with Crippen molar-refractivity contribution in [3.63, 3.8) is 0 Å². The highest BCUT2D eigenvalue weighted by atomic mass is 16.7. The summed E-state index contributed by atoms with van der Waals surface area (Å²) in [5.74, 6) is -1.09. The second-order valence-electron chi connectivity index (χ2n) is 5.50. The molecule has 2 aliphatic rings. The van der Waals surface area contributed by atoms with E-state index in [4.69, 9.17) is 18.9 Å². The molecule has 0 bridgehead atoms. The van der Waals surface area contributed by atoms with Crippen molar-refractivity contribution in [1.82, 2.24) is 0 Å². The largest absolute Gasteiger partial charge is 0.478 e. The number of hydrogen-bond donors (Lipinski definition) is 2. The molecule has 26 heavy (non-hydrogen) atoms. The summed E-state index contributed by atoms with van der Waals surface area (Å²) in [5.41, 5.74) is -0.349. The van der Waals surface area contributed by atoms with Gasteiger partial charge in [-0.3, -0.25) is 0 Å². The van der Waals surface area contributed by atoms with Crippen LogP contribution in [0.4, 0.5) is 0 Å². The van der Waals surface area contributed by atoms with Crippen LogP contribution in [-0.2, 0) is 9.59 Å². The van der Waals surface area contributed by atoms with Crippen molar-refractivity contribution in [3.8, 4) is 23.0 Å². The Balaban J connectivity index is 1.91. The average Bonchev–Trinajstić information content (AvgIpc) is 3.26. The van der Waals surface area contributed by atoms with Gasteiger partial charge in [0.05, 0.1) is 11.1 Å². The van der Waals surface area contributed by atoms with E-state index in [0.717, 1.165) is 0 Å². The monoisotopic (exact) mass is 356 g/mol. The molecule has 8 heteroatoms. The first-order chi connectivity index (χ1) is 12.5. The Bertz CT molecular complexity index is 882. The zero-order valence-corrected chi connectivity index (χ0v) is 13.2. The third-order valence-corrected chi connectivity index (χ3v) is 4.00. The zero-order chi connectivity index (χ0) is 18.3. The number of benzene rings is 2. The predicted molar refractivity (Wildman–Crippen MR) is 87.2 cm³/mol. The molecular formula is C18H12O8. The minimum Gasteiger partial charge on any atom is -0.478 e. The van der Waals surface area contributed by atoms with Crippen molar-refractivity contribution in [1.29, 1.82) is 0 Å². The SMILES string of the molecule is O=C(O)/C(=C(/C(=O)O)c1ccc2c(c1)OCO2)c1ccc2c(c1)OCO2. The van der Waals surface area contributed by atoms with Gasteiger partial charge in [0, 0.05) is 0 Å². The Kier molecular flexibility index (Phi) is 3.65. The van der Waals surface area contributed by atoms with Crippen molar-refractivity contribution < 1.29 is 38.7 Å². The third kappa shape index (κ3) is 2.57. The van der Waals surface area contributed by atoms with Gasteiger partial charge in [-0.05, 0) is 35.4 Å². The van der Waals surface area contributed by atoms with Crippen molar-refractivity contribution in [2.24, 2.45) is 0 Å². The molecule has 0 saturated carbocycles. The molecule has 0 atom stereocenters. The normalized spacial score (nSPS) is 14.8. The number of aliphatic carboxylic acids is 2. The Labute approximate surface area is 146 Å². The van der Waals surface area contributed by atoms with Crippen molar-refractivity contribution >= 4 is 23.1 Å². The smallest absolute Gasteiger partial charge is 0.337 e. The van der Waals surface area contributed by atoms with Crippen molar-refractivity contribution in [2.45, 2.75) is 0 Å². The maximum Gasteiger partial charge on any atom is 0.337 e. The number of carboxylic acids is 2. The van der Waals surface area contributed by atoms with E-state index in [9.17, 15) is 19.8 Å². The molecule has 8 nitrogen and oxygen atoms in total. The van der Waals surface area contributed by atoms with E-state index >= 15 is 0 Å². The topological polar surface area (TPSA) is 112 Å². The summed E-state index contributed by atoms with van der Waals surface area (Å²) in [6.45, 7) is 0.0533. The molecule has 0 aromatic heterocycles. The molecule has 0 radical (unpaired) electrons. The summed E-state index contributed by atoms with van der Waals surface area (Å²) in [4.78, 5) is 23.8. The molecule has 0 fully saturated rings. The van der Waals surface area contributed by atoms with E-state index in [-0.39, 0.29) is 35.9 Å². The number of hydrogen-bond acceptors (Lipinski definition) is 6. The van der Waals surface area contributed by atoms with E-state index in [1.54, 1.807) is 12.1 Å². The highest BCUT2D eigenvalue weighted by molar-refractivity contribution is 6.36. The Morgan fingerprint density at radius 2 is 1.04 bits per heavy atom. The number of fused-ring (bicyclic) bond motifs is 2. The van der Waals surface area contributed by atoms with Gasteiger partial charge in [0.1, 0.15) is 0 Å². The highest BCUT2D eigenvalue weighted by Gasteiger charge is 2.27. The second-order valence-corrected chi connectivity index (χ2v) is 5.50. The van der Waals surface area contributed by atoms with Gasteiger partial charge in [-0.25, -0.2) is 9.59 Å². The lowest BCUT2D eigenvalue weighted by atomic mass is 9.94. The summed E-state index contributed by atoms with van der Waals surface area (Å²) < 4.78 is 20.9. The summed E-state index contributed by atoms with van der Waals surface area (Å²) >= 11 is 0. The Hall–Kier alpha value is -3.68. The quantitative estimate of drug-likeness (QED) is 0.634. The third-order valence-electron chi connectivity index (χ3n) is 4.00. The molecule has 2 N–H and O–H groups in total. The van der Waals surface area contributed by atoms with E-state index in [1.807, 2.05) is 0 Å². The molecule has 2 aliphatic heterocycles. The molecule has 0 saturated heterocycles. The predicted octanol–water partition coefficient (Wildman–Crippen LogP) is 2.22. The fourth-order valence-electron chi connectivity index (χ4n) is 2.85. The molecule has 0 aliphatic carbocycles.